The Morgan fingerprint density at radius 1 is 1.27 bits per heavy atom. The molecule has 0 atom stereocenters. The summed E-state index contributed by atoms with van der Waals surface area (Å²) in [6.45, 7) is 2.05. The van der Waals surface area contributed by atoms with Gasteiger partial charge in [0.1, 0.15) is 5.01 Å². The second-order valence-electron chi connectivity index (χ2n) is 4.60. The van der Waals surface area contributed by atoms with Gasteiger partial charge in [0.25, 0.3) is 0 Å². The largest absolute Gasteiger partial charge is 0.481 e. The van der Waals surface area contributed by atoms with Gasteiger partial charge in [-0.15, -0.1) is 10.2 Å². The number of amides is 2. The van der Waals surface area contributed by atoms with Crippen LogP contribution in [0.15, 0.2) is 24.3 Å². The molecule has 0 aliphatic carbocycles. The Balaban J connectivity index is 1.94. The van der Waals surface area contributed by atoms with Crippen LogP contribution in [0.4, 0.5) is 15.6 Å². The fourth-order valence-electron chi connectivity index (χ4n) is 1.81. The number of rotatable bonds is 6. The number of urea groups is 1. The first-order valence-electron chi connectivity index (χ1n) is 6.78. The zero-order valence-electron chi connectivity index (χ0n) is 12.0. The summed E-state index contributed by atoms with van der Waals surface area (Å²) in [6, 6.07) is 6.26. The van der Waals surface area contributed by atoms with Crippen molar-refractivity contribution in [1.29, 1.82) is 0 Å². The summed E-state index contributed by atoms with van der Waals surface area (Å²) >= 11 is 1.34. The lowest BCUT2D eigenvalue weighted by atomic mass is 10.1. The summed E-state index contributed by atoms with van der Waals surface area (Å²) in [7, 11) is 0. The number of nitrogens with zero attached hydrogens (tertiary/aromatic N) is 2. The molecule has 0 unspecified atom stereocenters. The van der Waals surface area contributed by atoms with Crippen LogP contribution < -0.4 is 10.6 Å². The van der Waals surface area contributed by atoms with Crippen molar-refractivity contribution >= 4 is 34.2 Å². The first-order valence-corrected chi connectivity index (χ1v) is 7.59. The van der Waals surface area contributed by atoms with Crippen LogP contribution in [0.3, 0.4) is 0 Å². The van der Waals surface area contributed by atoms with Crippen LogP contribution in [-0.2, 0) is 17.6 Å². The Hall–Kier alpha value is -2.48. The lowest BCUT2D eigenvalue weighted by Crippen LogP contribution is -2.19. The van der Waals surface area contributed by atoms with E-state index in [9.17, 15) is 9.59 Å². The van der Waals surface area contributed by atoms with Gasteiger partial charge in [0.2, 0.25) is 5.13 Å². The molecule has 7 nitrogen and oxygen atoms in total. The molecule has 0 spiro atoms. The maximum atomic E-state index is 11.9. The van der Waals surface area contributed by atoms with Crippen LogP contribution in [0.25, 0.3) is 0 Å². The van der Waals surface area contributed by atoms with Crippen LogP contribution in [-0.4, -0.2) is 27.3 Å². The van der Waals surface area contributed by atoms with Crippen LogP contribution in [0.2, 0.25) is 0 Å². The zero-order valence-corrected chi connectivity index (χ0v) is 12.8. The van der Waals surface area contributed by atoms with Crippen LogP contribution in [0.5, 0.6) is 0 Å². The van der Waals surface area contributed by atoms with Crippen molar-refractivity contribution in [3.8, 4) is 0 Å². The van der Waals surface area contributed by atoms with Crippen molar-refractivity contribution in [2.75, 3.05) is 10.6 Å². The highest BCUT2D eigenvalue weighted by Crippen LogP contribution is 2.17. The van der Waals surface area contributed by atoms with Crippen molar-refractivity contribution in [3.05, 3.63) is 34.8 Å². The highest BCUT2D eigenvalue weighted by molar-refractivity contribution is 7.15. The molecule has 116 valence electrons. The second-order valence-corrected chi connectivity index (χ2v) is 5.66. The minimum atomic E-state index is -0.918. The minimum absolute atomic E-state index is 0.0894. The van der Waals surface area contributed by atoms with E-state index in [-0.39, 0.29) is 6.42 Å². The molecule has 1 aromatic carbocycles. The third-order valence-electron chi connectivity index (χ3n) is 2.69. The lowest BCUT2D eigenvalue weighted by molar-refractivity contribution is -0.136. The van der Waals surface area contributed by atoms with Crippen molar-refractivity contribution in [2.45, 2.75) is 26.2 Å². The first-order chi connectivity index (χ1) is 10.6. The average Bonchev–Trinajstić information content (AvgIpc) is 2.86. The highest BCUT2D eigenvalue weighted by Gasteiger charge is 2.08. The van der Waals surface area contributed by atoms with E-state index in [0.29, 0.717) is 16.4 Å². The van der Waals surface area contributed by atoms with Crippen molar-refractivity contribution in [3.63, 3.8) is 0 Å². The molecule has 0 bridgehead atoms. The molecule has 0 saturated carbocycles. The maximum absolute atomic E-state index is 11.9. The van der Waals surface area contributed by atoms with Gasteiger partial charge in [-0.2, -0.15) is 0 Å². The summed E-state index contributed by atoms with van der Waals surface area (Å²) in [5.74, 6) is -0.918. The summed E-state index contributed by atoms with van der Waals surface area (Å²) in [5.41, 5.74) is 1.14. The zero-order chi connectivity index (χ0) is 15.9. The predicted octanol–water partition coefficient (Wildman–Crippen LogP) is 2.76. The Morgan fingerprint density at radius 2 is 2.09 bits per heavy atom. The number of nitrogens with one attached hydrogen (secondary N) is 2. The number of anilines is 2. The van der Waals surface area contributed by atoms with E-state index in [1.54, 1.807) is 24.3 Å². The molecule has 2 aromatic rings. The summed E-state index contributed by atoms with van der Waals surface area (Å²) in [4.78, 5) is 22.6. The summed E-state index contributed by atoms with van der Waals surface area (Å²) in [6.07, 6.45) is 1.71. The minimum Gasteiger partial charge on any atom is -0.481 e. The van der Waals surface area contributed by atoms with Gasteiger partial charge in [-0.25, -0.2) is 4.79 Å². The van der Waals surface area contributed by atoms with E-state index in [0.717, 1.165) is 17.8 Å². The number of aromatic nitrogens is 2. The highest BCUT2D eigenvalue weighted by atomic mass is 32.1. The molecule has 1 heterocycles. The molecular formula is C14H16N4O3S. The van der Waals surface area contributed by atoms with Crippen molar-refractivity contribution in [2.24, 2.45) is 0 Å². The van der Waals surface area contributed by atoms with Gasteiger partial charge < -0.3 is 10.4 Å². The molecule has 3 N–H and O–H groups in total. The average molecular weight is 320 g/mol. The monoisotopic (exact) mass is 320 g/mol. The van der Waals surface area contributed by atoms with E-state index >= 15 is 0 Å². The van der Waals surface area contributed by atoms with Crippen LogP contribution in [0.1, 0.15) is 23.9 Å². The van der Waals surface area contributed by atoms with Gasteiger partial charge in [0.15, 0.2) is 0 Å². The van der Waals surface area contributed by atoms with Gasteiger partial charge >= 0.3 is 12.0 Å². The predicted molar refractivity (Wildman–Crippen MR) is 84.3 cm³/mol. The van der Waals surface area contributed by atoms with Crippen LogP contribution in [0, 0.1) is 0 Å². The third kappa shape index (κ3) is 4.81. The Morgan fingerprint density at radius 3 is 2.82 bits per heavy atom. The van der Waals surface area contributed by atoms with Crippen LogP contribution >= 0.6 is 11.3 Å². The molecule has 0 saturated heterocycles. The van der Waals surface area contributed by atoms with Crippen molar-refractivity contribution in [1.82, 2.24) is 10.2 Å². The molecule has 2 amide bonds. The molecule has 0 aliphatic heterocycles. The Kier molecular flexibility index (Phi) is 5.42. The quantitative estimate of drug-likeness (QED) is 0.759. The molecule has 0 aliphatic rings. The molecule has 2 rings (SSSR count). The van der Waals surface area contributed by atoms with E-state index < -0.39 is 12.0 Å². The fourth-order valence-corrected chi connectivity index (χ4v) is 2.65. The fraction of sp³-hybridized carbons (Fsp3) is 0.286. The molecule has 0 fully saturated rings. The molecule has 22 heavy (non-hydrogen) atoms. The topological polar surface area (TPSA) is 104 Å². The molecule has 8 heteroatoms. The second kappa shape index (κ2) is 7.51. The number of aryl methyl sites for hydroxylation is 1. The molecular weight excluding hydrogens is 304 g/mol. The number of carbonyl (C=O) groups excluding carboxylic acids is 1. The van der Waals surface area contributed by atoms with E-state index in [2.05, 4.69) is 20.8 Å². The van der Waals surface area contributed by atoms with E-state index in [1.165, 1.54) is 11.3 Å². The Labute approximate surface area is 131 Å². The van der Waals surface area contributed by atoms with Gasteiger partial charge in [-0.1, -0.05) is 30.4 Å². The van der Waals surface area contributed by atoms with E-state index in [4.69, 9.17) is 5.11 Å². The number of hydrogen-bond donors (Lipinski definition) is 3. The smallest absolute Gasteiger partial charge is 0.325 e. The van der Waals surface area contributed by atoms with Gasteiger partial charge in [0, 0.05) is 12.1 Å². The third-order valence-corrected chi connectivity index (χ3v) is 3.59. The summed E-state index contributed by atoms with van der Waals surface area (Å²) in [5, 5.41) is 23.2. The van der Waals surface area contributed by atoms with Gasteiger partial charge in [-0.05, 0) is 24.1 Å². The van der Waals surface area contributed by atoms with Gasteiger partial charge in [-0.3, -0.25) is 10.1 Å². The molecule has 1 aromatic heterocycles. The van der Waals surface area contributed by atoms with Gasteiger partial charge in [0.05, 0.1) is 6.42 Å². The normalized spacial score (nSPS) is 10.2. The lowest BCUT2D eigenvalue weighted by Gasteiger charge is -2.06. The number of carboxylic acid groups (broad SMARTS) is 1. The van der Waals surface area contributed by atoms with Crippen molar-refractivity contribution < 1.29 is 14.7 Å². The SMILES string of the molecule is CCCc1nnc(NC(=O)Nc2cccc(CC(=O)O)c2)s1. The standard InChI is InChI=1S/C14H16N4O3S/c1-2-4-11-17-18-14(22-11)16-13(21)15-10-6-3-5-9(7-10)8-12(19)20/h3,5-7H,2,4,8H2,1H3,(H,19,20)(H2,15,16,18,21). The molecule has 0 radical (unpaired) electrons. The number of carbonyl (C=O) groups is 2. The number of hydrogen-bond acceptors (Lipinski definition) is 5. The number of aliphatic carboxylic acids is 1. The maximum Gasteiger partial charge on any atom is 0.325 e. The first kappa shape index (κ1) is 15.9. The number of benzene rings is 1. The Bertz CT molecular complexity index is 672. The van der Waals surface area contributed by atoms with E-state index in [1.807, 2.05) is 6.92 Å². The number of carboxylic acids is 1. The summed E-state index contributed by atoms with van der Waals surface area (Å²) < 4.78 is 0.